The van der Waals surface area contributed by atoms with Gasteiger partial charge < -0.3 is 10.5 Å². The van der Waals surface area contributed by atoms with Crippen LogP contribution in [-0.4, -0.2) is 12.1 Å². The van der Waals surface area contributed by atoms with Crippen LogP contribution < -0.4 is 10.5 Å². The highest BCUT2D eigenvalue weighted by atomic mass is 16.5. The number of aryl methyl sites for hydroxylation is 1. The van der Waals surface area contributed by atoms with Crippen LogP contribution in [0.3, 0.4) is 0 Å². The molecule has 1 aromatic rings. The van der Waals surface area contributed by atoms with Crippen LogP contribution in [0.15, 0.2) is 18.2 Å². The molecule has 0 aromatic heterocycles. The Hall–Kier alpha value is -1.02. The number of hydrogen-bond donors (Lipinski definition) is 1. The van der Waals surface area contributed by atoms with Gasteiger partial charge in [0.25, 0.3) is 0 Å². The summed E-state index contributed by atoms with van der Waals surface area (Å²) >= 11 is 0. The summed E-state index contributed by atoms with van der Waals surface area (Å²) in [5.41, 5.74) is 8.75. The molecule has 0 radical (unpaired) electrons. The first-order valence-electron chi connectivity index (χ1n) is 7.50. The Balaban J connectivity index is 2.15. The third kappa shape index (κ3) is 3.50. The fraction of sp³-hybridized carbons (Fsp3) is 0.647. The summed E-state index contributed by atoms with van der Waals surface area (Å²) in [4.78, 5) is 0. The topological polar surface area (TPSA) is 35.2 Å². The minimum Gasteiger partial charge on any atom is -0.489 e. The maximum absolute atomic E-state index is 6.23. The van der Waals surface area contributed by atoms with E-state index in [0.29, 0.717) is 5.92 Å². The summed E-state index contributed by atoms with van der Waals surface area (Å²) in [5.74, 6) is 2.26. The number of rotatable bonds is 3. The quantitative estimate of drug-likeness (QED) is 0.892. The van der Waals surface area contributed by atoms with Crippen LogP contribution in [0.2, 0.25) is 0 Å². The normalized spacial score (nSPS) is 27.6. The van der Waals surface area contributed by atoms with Crippen molar-refractivity contribution in [2.24, 2.45) is 11.7 Å². The van der Waals surface area contributed by atoms with Crippen molar-refractivity contribution in [3.63, 3.8) is 0 Å². The Morgan fingerprint density at radius 2 is 2.00 bits per heavy atom. The summed E-state index contributed by atoms with van der Waals surface area (Å²) in [5, 5.41) is 0. The molecule has 106 valence electrons. The van der Waals surface area contributed by atoms with Gasteiger partial charge in [-0.3, -0.25) is 0 Å². The molecule has 1 aliphatic rings. The molecule has 2 nitrogen and oxygen atoms in total. The highest BCUT2D eigenvalue weighted by Crippen LogP contribution is 2.30. The predicted molar refractivity (Wildman–Crippen MR) is 80.7 cm³/mol. The summed E-state index contributed by atoms with van der Waals surface area (Å²) in [6, 6.07) is 6.71. The first-order valence-corrected chi connectivity index (χ1v) is 7.50. The zero-order valence-electron chi connectivity index (χ0n) is 12.6. The van der Waals surface area contributed by atoms with Gasteiger partial charge in [0.15, 0.2) is 0 Å². The van der Waals surface area contributed by atoms with Crippen LogP contribution in [0, 0.1) is 12.8 Å². The molecule has 0 bridgehead atoms. The molecule has 19 heavy (non-hydrogen) atoms. The van der Waals surface area contributed by atoms with E-state index in [1.165, 1.54) is 17.5 Å². The second-order valence-corrected chi connectivity index (χ2v) is 6.42. The zero-order valence-corrected chi connectivity index (χ0v) is 12.6. The van der Waals surface area contributed by atoms with Crippen LogP contribution in [0.5, 0.6) is 5.75 Å². The molecule has 3 unspecified atom stereocenters. The lowest BCUT2D eigenvalue weighted by Crippen LogP contribution is -2.43. The monoisotopic (exact) mass is 261 g/mol. The van der Waals surface area contributed by atoms with Gasteiger partial charge in [0.1, 0.15) is 11.9 Å². The fourth-order valence-electron chi connectivity index (χ4n) is 2.75. The van der Waals surface area contributed by atoms with E-state index in [4.69, 9.17) is 10.5 Å². The lowest BCUT2D eigenvalue weighted by Gasteiger charge is -2.33. The van der Waals surface area contributed by atoms with Gasteiger partial charge in [-0.25, -0.2) is 0 Å². The molecule has 0 heterocycles. The molecule has 2 heteroatoms. The van der Waals surface area contributed by atoms with Gasteiger partial charge in [-0.15, -0.1) is 0 Å². The summed E-state index contributed by atoms with van der Waals surface area (Å²) in [6.45, 7) is 8.82. The lowest BCUT2D eigenvalue weighted by atomic mass is 9.85. The van der Waals surface area contributed by atoms with Gasteiger partial charge in [0.2, 0.25) is 0 Å². The fourth-order valence-corrected chi connectivity index (χ4v) is 2.75. The average molecular weight is 261 g/mol. The Kier molecular flexibility index (Phi) is 4.51. The molecule has 0 saturated heterocycles. The van der Waals surface area contributed by atoms with Crippen molar-refractivity contribution in [2.45, 2.75) is 65.0 Å². The number of ether oxygens (including phenoxy) is 1. The number of hydrogen-bond acceptors (Lipinski definition) is 2. The van der Waals surface area contributed by atoms with Crippen molar-refractivity contribution in [2.75, 3.05) is 0 Å². The van der Waals surface area contributed by atoms with Gasteiger partial charge in [-0.2, -0.15) is 0 Å². The van der Waals surface area contributed by atoms with Crippen LogP contribution in [0.1, 0.15) is 57.1 Å². The van der Waals surface area contributed by atoms with Gasteiger partial charge in [0, 0.05) is 6.04 Å². The third-order valence-corrected chi connectivity index (χ3v) is 4.26. The lowest BCUT2D eigenvalue weighted by molar-refractivity contribution is 0.107. The van der Waals surface area contributed by atoms with Crippen molar-refractivity contribution < 1.29 is 4.74 Å². The molecule has 1 aromatic carbocycles. The Morgan fingerprint density at radius 3 is 2.68 bits per heavy atom. The van der Waals surface area contributed by atoms with E-state index in [9.17, 15) is 0 Å². The molecular weight excluding hydrogens is 234 g/mol. The van der Waals surface area contributed by atoms with Crippen LogP contribution in [-0.2, 0) is 0 Å². The molecule has 2 N–H and O–H groups in total. The van der Waals surface area contributed by atoms with E-state index in [1.807, 2.05) is 0 Å². The van der Waals surface area contributed by atoms with Gasteiger partial charge >= 0.3 is 0 Å². The first kappa shape index (κ1) is 14.4. The maximum atomic E-state index is 6.23. The van der Waals surface area contributed by atoms with Gasteiger partial charge in [-0.1, -0.05) is 32.9 Å². The minimum absolute atomic E-state index is 0.171. The molecule has 2 rings (SSSR count). The first-order chi connectivity index (χ1) is 8.97. The van der Waals surface area contributed by atoms with E-state index in [0.717, 1.165) is 24.5 Å². The van der Waals surface area contributed by atoms with Crippen molar-refractivity contribution in [3.05, 3.63) is 29.3 Å². The van der Waals surface area contributed by atoms with Crippen molar-refractivity contribution in [3.8, 4) is 5.75 Å². The molecule has 0 aliphatic heterocycles. The smallest absolute Gasteiger partial charge is 0.122 e. The van der Waals surface area contributed by atoms with Crippen LogP contribution in [0.25, 0.3) is 0 Å². The van der Waals surface area contributed by atoms with Crippen LogP contribution >= 0.6 is 0 Å². The number of benzene rings is 1. The van der Waals surface area contributed by atoms with Crippen molar-refractivity contribution in [1.82, 2.24) is 0 Å². The predicted octanol–water partition coefficient (Wildman–Crippen LogP) is 4.01. The Bertz CT molecular complexity index is 427. The molecule has 3 atom stereocenters. The van der Waals surface area contributed by atoms with Crippen molar-refractivity contribution in [1.29, 1.82) is 0 Å². The zero-order chi connectivity index (χ0) is 14.0. The molecule has 0 amide bonds. The molecule has 1 saturated carbocycles. The second-order valence-electron chi connectivity index (χ2n) is 6.42. The van der Waals surface area contributed by atoms with Crippen LogP contribution in [0.4, 0.5) is 0 Å². The maximum Gasteiger partial charge on any atom is 0.122 e. The SMILES string of the molecule is Cc1ccc(C(C)C)cc1OC1CC(C)CCC1N. The largest absolute Gasteiger partial charge is 0.489 e. The van der Waals surface area contributed by atoms with E-state index in [2.05, 4.69) is 45.9 Å². The van der Waals surface area contributed by atoms with E-state index < -0.39 is 0 Å². The van der Waals surface area contributed by atoms with Gasteiger partial charge in [0.05, 0.1) is 0 Å². The Morgan fingerprint density at radius 1 is 1.26 bits per heavy atom. The summed E-state index contributed by atoms with van der Waals surface area (Å²) in [6.07, 6.45) is 3.55. The minimum atomic E-state index is 0.171. The molecule has 1 aliphatic carbocycles. The standard InChI is InChI=1S/C17H27NO/c1-11(2)14-7-6-13(4)16(10-14)19-17-9-12(3)5-8-15(17)18/h6-7,10-12,15,17H,5,8-9,18H2,1-4H3. The highest BCUT2D eigenvalue weighted by Gasteiger charge is 2.27. The summed E-state index contributed by atoms with van der Waals surface area (Å²) in [7, 11) is 0. The summed E-state index contributed by atoms with van der Waals surface area (Å²) < 4.78 is 6.23. The number of nitrogens with two attached hydrogens (primary N) is 1. The molecule has 0 spiro atoms. The van der Waals surface area contributed by atoms with Crippen molar-refractivity contribution >= 4 is 0 Å². The molecule has 1 fully saturated rings. The highest BCUT2D eigenvalue weighted by molar-refractivity contribution is 5.38. The second kappa shape index (κ2) is 5.96. The van der Waals surface area contributed by atoms with E-state index in [1.54, 1.807) is 0 Å². The molecular formula is C17H27NO. The van der Waals surface area contributed by atoms with Gasteiger partial charge in [-0.05, 0) is 55.2 Å². The van der Waals surface area contributed by atoms with E-state index in [-0.39, 0.29) is 12.1 Å². The Labute approximate surface area is 117 Å². The average Bonchev–Trinajstić information content (AvgIpc) is 2.36. The third-order valence-electron chi connectivity index (χ3n) is 4.26. The van der Waals surface area contributed by atoms with E-state index >= 15 is 0 Å².